The number of amides is 1. The quantitative estimate of drug-likeness (QED) is 0.155. The molecular formula is C36H33N5O4S. The molecule has 5 aromatic rings. The topological polar surface area (TPSA) is 109 Å². The Kier molecular flexibility index (Phi) is 8.54. The number of aromatic carboxylic acids is 1. The monoisotopic (exact) mass is 631 g/mol. The van der Waals surface area contributed by atoms with Gasteiger partial charge in [-0.3, -0.25) is 9.78 Å². The molecule has 0 radical (unpaired) electrons. The van der Waals surface area contributed by atoms with Gasteiger partial charge in [-0.15, -0.1) is 0 Å². The summed E-state index contributed by atoms with van der Waals surface area (Å²) in [6, 6.07) is 29.3. The Bertz CT molecular complexity index is 1910. The number of para-hydroxylation sites is 1. The minimum absolute atomic E-state index is 0.107. The fourth-order valence-corrected chi connectivity index (χ4v) is 6.30. The van der Waals surface area contributed by atoms with Crippen molar-refractivity contribution in [3.8, 4) is 11.4 Å². The number of carboxylic acid groups (broad SMARTS) is 1. The molecule has 3 aromatic carbocycles. The summed E-state index contributed by atoms with van der Waals surface area (Å²) in [4.78, 5) is 31.1. The third kappa shape index (κ3) is 6.07. The lowest BCUT2D eigenvalue weighted by Gasteiger charge is -2.28. The largest absolute Gasteiger partial charge is 0.484 e. The third-order valence-electron chi connectivity index (χ3n) is 8.13. The van der Waals surface area contributed by atoms with Gasteiger partial charge in [0.2, 0.25) is 0 Å². The zero-order valence-electron chi connectivity index (χ0n) is 25.6. The van der Waals surface area contributed by atoms with Crippen LogP contribution in [0.25, 0.3) is 5.69 Å². The van der Waals surface area contributed by atoms with Gasteiger partial charge >= 0.3 is 5.97 Å². The van der Waals surface area contributed by atoms with Crippen LogP contribution in [0.1, 0.15) is 50.7 Å². The fraction of sp³-hybridized carbons (Fsp3) is 0.167. The van der Waals surface area contributed by atoms with E-state index in [0.717, 1.165) is 39.6 Å². The molecule has 0 saturated carbocycles. The number of hydrogen-bond donors (Lipinski definition) is 3. The molecule has 3 heterocycles. The molecule has 1 aliphatic rings. The highest BCUT2D eigenvalue weighted by atomic mass is 32.1. The van der Waals surface area contributed by atoms with Crippen LogP contribution in [0, 0.1) is 20.8 Å². The molecule has 6 rings (SSSR count). The lowest BCUT2D eigenvalue weighted by molar-refractivity contribution is -0.118. The highest BCUT2D eigenvalue weighted by Gasteiger charge is 2.42. The van der Waals surface area contributed by atoms with Crippen LogP contribution in [0.15, 0.2) is 103 Å². The van der Waals surface area contributed by atoms with Crippen LogP contribution in [-0.4, -0.2) is 38.3 Å². The standard InChI is InChI=1S/C36H33N5O4S/c1-22-12-13-25(35(43)44)20-31(22)40-23(2)19-29(24(40)3)34-33(30-11-7-8-18-37-30)39-36(46)41(34)27-16-14-26(15-17-27)38-32(42)21-45-28-9-5-4-6-10-28/h4-20,33-34H,21H2,1-3H3,(H,38,42)(H,39,46)(H,43,44)/t33-,34-/m0/s1. The number of carbonyl (C=O) groups is 2. The summed E-state index contributed by atoms with van der Waals surface area (Å²) in [6.07, 6.45) is 1.77. The number of anilines is 2. The van der Waals surface area contributed by atoms with E-state index >= 15 is 0 Å². The number of benzene rings is 3. The van der Waals surface area contributed by atoms with Crippen molar-refractivity contribution in [2.24, 2.45) is 0 Å². The lowest BCUT2D eigenvalue weighted by Crippen LogP contribution is -2.29. The first kappa shape index (κ1) is 30.5. The van der Waals surface area contributed by atoms with Crippen LogP contribution in [0.4, 0.5) is 11.4 Å². The Labute approximate surface area is 272 Å². The van der Waals surface area contributed by atoms with Crippen molar-refractivity contribution in [2.75, 3.05) is 16.8 Å². The Balaban J connectivity index is 1.33. The van der Waals surface area contributed by atoms with Gasteiger partial charge in [0.05, 0.1) is 23.3 Å². The first-order chi connectivity index (χ1) is 22.2. The van der Waals surface area contributed by atoms with E-state index < -0.39 is 5.97 Å². The molecule has 10 heteroatoms. The molecule has 1 saturated heterocycles. The first-order valence-corrected chi connectivity index (χ1v) is 15.2. The van der Waals surface area contributed by atoms with Gasteiger partial charge in [-0.25, -0.2) is 4.79 Å². The number of thiocarbonyl (C=S) groups is 1. The molecule has 0 unspecified atom stereocenters. The molecule has 1 aliphatic heterocycles. The van der Waals surface area contributed by atoms with Crippen LogP contribution in [0.2, 0.25) is 0 Å². The van der Waals surface area contributed by atoms with E-state index in [1.807, 2.05) is 87.5 Å². The second-order valence-electron chi connectivity index (χ2n) is 11.2. The third-order valence-corrected chi connectivity index (χ3v) is 8.44. The predicted octanol–water partition coefficient (Wildman–Crippen LogP) is 6.69. The van der Waals surface area contributed by atoms with E-state index in [9.17, 15) is 14.7 Å². The second kappa shape index (κ2) is 12.9. The van der Waals surface area contributed by atoms with E-state index in [0.29, 0.717) is 16.5 Å². The SMILES string of the molecule is Cc1ccc(C(=O)O)cc1-n1c(C)cc([C@H]2[C@H](c3ccccn3)NC(=S)N2c2ccc(NC(=O)COc3ccccc3)cc2)c1C. The molecule has 2 atom stereocenters. The van der Waals surface area contributed by atoms with Gasteiger partial charge in [-0.1, -0.05) is 30.3 Å². The van der Waals surface area contributed by atoms with Gasteiger partial charge in [-0.05, 0) is 111 Å². The molecular weight excluding hydrogens is 598 g/mol. The van der Waals surface area contributed by atoms with Crippen molar-refractivity contribution >= 4 is 40.6 Å². The summed E-state index contributed by atoms with van der Waals surface area (Å²) in [5.74, 6) is -0.613. The highest BCUT2D eigenvalue weighted by molar-refractivity contribution is 7.80. The zero-order valence-corrected chi connectivity index (χ0v) is 26.4. The molecule has 232 valence electrons. The van der Waals surface area contributed by atoms with Crippen molar-refractivity contribution in [3.05, 3.63) is 137 Å². The van der Waals surface area contributed by atoms with Crippen LogP contribution >= 0.6 is 12.2 Å². The van der Waals surface area contributed by atoms with E-state index in [1.165, 1.54) is 0 Å². The Morgan fingerprint density at radius 3 is 2.39 bits per heavy atom. The average molecular weight is 632 g/mol. The van der Waals surface area contributed by atoms with Gasteiger partial charge in [-0.2, -0.15) is 0 Å². The zero-order chi connectivity index (χ0) is 32.4. The van der Waals surface area contributed by atoms with Crippen LogP contribution in [0.5, 0.6) is 5.75 Å². The first-order valence-electron chi connectivity index (χ1n) is 14.8. The minimum Gasteiger partial charge on any atom is -0.484 e. The molecule has 3 N–H and O–H groups in total. The predicted molar refractivity (Wildman–Crippen MR) is 182 cm³/mol. The number of aryl methyl sites for hydroxylation is 2. The van der Waals surface area contributed by atoms with Crippen molar-refractivity contribution in [2.45, 2.75) is 32.9 Å². The smallest absolute Gasteiger partial charge is 0.335 e. The number of carbonyl (C=O) groups excluding carboxylic acids is 1. The van der Waals surface area contributed by atoms with Crippen LogP contribution in [-0.2, 0) is 4.79 Å². The number of rotatable bonds is 9. The van der Waals surface area contributed by atoms with Crippen molar-refractivity contribution in [1.29, 1.82) is 0 Å². The molecule has 1 fully saturated rings. The second-order valence-corrected chi connectivity index (χ2v) is 11.5. The Morgan fingerprint density at radius 1 is 0.957 bits per heavy atom. The molecule has 1 amide bonds. The Hall–Kier alpha value is -5.48. The van der Waals surface area contributed by atoms with E-state index in [-0.39, 0.29) is 30.2 Å². The summed E-state index contributed by atoms with van der Waals surface area (Å²) < 4.78 is 7.67. The molecule has 2 aromatic heterocycles. The van der Waals surface area contributed by atoms with E-state index in [4.69, 9.17) is 17.0 Å². The summed E-state index contributed by atoms with van der Waals surface area (Å²) in [5.41, 5.74) is 7.27. The summed E-state index contributed by atoms with van der Waals surface area (Å²) >= 11 is 5.93. The van der Waals surface area contributed by atoms with Gasteiger partial charge in [0.1, 0.15) is 5.75 Å². The average Bonchev–Trinajstić information content (AvgIpc) is 3.55. The maximum atomic E-state index is 12.6. The number of nitrogens with one attached hydrogen (secondary N) is 2. The van der Waals surface area contributed by atoms with Gasteiger partial charge in [0, 0.05) is 34.6 Å². The number of pyridine rings is 1. The fourth-order valence-electron chi connectivity index (χ4n) is 5.96. The summed E-state index contributed by atoms with van der Waals surface area (Å²) in [6.45, 7) is 5.93. The Morgan fingerprint density at radius 2 is 1.70 bits per heavy atom. The molecule has 0 aliphatic carbocycles. The molecule has 0 spiro atoms. The van der Waals surface area contributed by atoms with Crippen molar-refractivity contribution < 1.29 is 19.4 Å². The van der Waals surface area contributed by atoms with Crippen LogP contribution < -0.4 is 20.3 Å². The maximum absolute atomic E-state index is 12.6. The number of nitrogens with zero attached hydrogens (tertiary/aromatic N) is 3. The number of aromatic nitrogens is 2. The molecule has 0 bridgehead atoms. The highest BCUT2D eigenvalue weighted by Crippen LogP contribution is 2.44. The molecule has 9 nitrogen and oxygen atoms in total. The number of ether oxygens (including phenoxy) is 1. The number of hydrogen-bond acceptors (Lipinski definition) is 5. The summed E-state index contributed by atoms with van der Waals surface area (Å²) in [7, 11) is 0. The lowest BCUT2D eigenvalue weighted by atomic mass is 9.96. The van der Waals surface area contributed by atoms with Gasteiger partial charge in [0.25, 0.3) is 5.91 Å². The minimum atomic E-state index is -0.973. The normalized spacial score (nSPS) is 15.8. The van der Waals surface area contributed by atoms with Gasteiger partial charge in [0.15, 0.2) is 11.7 Å². The van der Waals surface area contributed by atoms with Crippen LogP contribution in [0.3, 0.4) is 0 Å². The number of carboxylic acids is 1. The maximum Gasteiger partial charge on any atom is 0.335 e. The van der Waals surface area contributed by atoms with Crippen molar-refractivity contribution in [1.82, 2.24) is 14.9 Å². The summed E-state index contributed by atoms with van der Waals surface area (Å²) in [5, 5.41) is 16.6. The van der Waals surface area contributed by atoms with E-state index in [2.05, 4.69) is 31.2 Å². The van der Waals surface area contributed by atoms with E-state index in [1.54, 1.807) is 30.5 Å². The van der Waals surface area contributed by atoms with Crippen molar-refractivity contribution in [3.63, 3.8) is 0 Å². The molecule has 46 heavy (non-hydrogen) atoms. The van der Waals surface area contributed by atoms with Gasteiger partial charge < -0.3 is 29.9 Å².